The molecule has 1 aliphatic rings. The van der Waals surface area contributed by atoms with Crippen LogP contribution in [0.15, 0.2) is 42.5 Å². The van der Waals surface area contributed by atoms with Crippen molar-refractivity contribution in [1.29, 1.82) is 0 Å². The van der Waals surface area contributed by atoms with E-state index in [0.717, 1.165) is 5.56 Å². The molecule has 0 saturated heterocycles. The number of rotatable bonds is 7. The number of nitrogens with zero attached hydrogens (tertiary/aromatic N) is 1. The lowest BCUT2D eigenvalue weighted by Gasteiger charge is -2.31. The van der Waals surface area contributed by atoms with Gasteiger partial charge in [0, 0.05) is 6.54 Å². The predicted octanol–water partition coefficient (Wildman–Crippen LogP) is 3.33. The van der Waals surface area contributed by atoms with Crippen LogP contribution in [-0.4, -0.2) is 41.8 Å². The van der Waals surface area contributed by atoms with Crippen LogP contribution < -0.4 is 16.0 Å². The van der Waals surface area contributed by atoms with Crippen LogP contribution in [0.5, 0.6) is 0 Å². The molecular weight excluding hydrogens is 459 g/mol. The molecule has 2 aromatic rings. The van der Waals surface area contributed by atoms with Gasteiger partial charge in [-0.05, 0) is 49.6 Å². The summed E-state index contributed by atoms with van der Waals surface area (Å²) in [6, 6.07) is 9.65. The van der Waals surface area contributed by atoms with Crippen LogP contribution in [0, 0.1) is 18.7 Å². The lowest BCUT2D eigenvalue weighted by molar-refractivity contribution is -0.143. The number of carbonyl (C=O) groups is 3. The lowest BCUT2D eigenvalue weighted by atomic mass is 10.0. The Bertz CT molecular complexity index is 1040. The molecule has 3 atom stereocenters. The Morgan fingerprint density at radius 1 is 1.06 bits per heavy atom. The zero-order valence-corrected chi connectivity index (χ0v) is 20.8. The Labute approximate surface area is 205 Å². The van der Waals surface area contributed by atoms with Crippen molar-refractivity contribution in [1.82, 2.24) is 15.5 Å². The third-order valence-electron chi connectivity index (χ3n) is 6.06. The fourth-order valence-electron chi connectivity index (χ4n) is 3.96. The zero-order valence-electron chi connectivity index (χ0n) is 20.0. The summed E-state index contributed by atoms with van der Waals surface area (Å²) >= 11 is 0. The highest BCUT2D eigenvalue weighted by Crippen LogP contribution is 2.36. The van der Waals surface area contributed by atoms with E-state index in [9.17, 15) is 18.8 Å². The molecule has 2 aromatic carbocycles. The van der Waals surface area contributed by atoms with E-state index in [1.165, 1.54) is 11.0 Å². The van der Waals surface area contributed by atoms with Crippen LogP contribution in [-0.2, 0) is 20.9 Å². The van der Waals surface area contributed by atoms with Crippen molar-refractivity contribution in [3.05, 3.63) is 65.0 Å². The maximum absolute atomic E-state index is 14.4. The average molecular weight is 491 g/mol. The minimum Gasteiger partial charge on any atom is -0.343 e. The second-order valence-electron chi connectivity index (χ2n) is 8.73. The van der Waals surface area contributed by atoms with Gasteiger partial charge in [0.1, 0.15) is 17.9 Å². The Kier molecular flexibility index (Phi) is 9.18. The third-order valence-corrected chi connectivity index (χ3v) is 6.06. The number of hydrogen-bond acceptors (Lipinski definition) is 4. The van der Waals surface area contributed by atoms with E-state index in [1.807, 2.05) is 26.0 Å². The van der Waals surface area contributed by atoms with Crippen LogP contribution in [0.3, 0.4) is 0 Å². The highest BCUT2D eigenvalue weighted by Gasteiger charge is 2.42. The molecule has 7 nitrogen and oxygen atoms in total. The highest BCUT2D eigenvalue weighted by atomic mass is 35.5. The lowest BCUT2D eigenvalue weighted by Crippen LogP contribution is -2.55. The monoisotopic (exact) mass is 490 g/mol. The summed E-state index contributed by atoms with van der Waals surface area (Å²) in [6.45, 7) is 7.32. The molecule has 3 N–H and O–H groups in total. The zero-order chi connectivity index (χ0) is 24.3. The smallest absolute Gasteiger partial charge is 0.251 e. The maximum Gasteiger partial charge on any atom is 0.251 e. The first-order valence-electron chi connectivity index (χ1n) is 11.1. The number of halogens is 2. The van der Waals surface area contributed by atoms with Gasteiger partial charge in [0.15, 0.2) is 0 Å². The number of nitrogens with one attached hydrogen (secondary N) is 3. The number of para-hydroxylation sites is 1. The molecule has 0 bridgehead atoms. The molecule has 9 heteroatoms. The molecule has 0 aliphatic carbocycles. The standard InChI is InChI=1S/C25H31FN4O3.ClH/c1-14(2)20(28-23(31)16(4)27-5)25(33)30-13-17-10-6-7-11-18(17)22(30)24(32)29-21-15(3)9-8-12-19(21)26;/h6-12,14,16,20,22,27H,13H2,1-5H3,(H,28,31)(H,29,32);1H/t16-,20-,22?;/m0./s1. The summed E-state index contributed by atoms with van der Waals surface area (Å²) in [5.74, 6) is -1.90. The number of hydrogen-bond donors (Lipinski definition) is 3. The molecule has 0 aromatic heterocycles. The van der Waals surface area contributed by atoms with Crippen LogP contribution in [0.25, 0.3) is 0 Å². The first kappa shape index (κ1) is 27.3. The summed E-state index contributed by atoms with van der Waals surface area (Å²) in [7, 11) is 1.67. The summed E-state index contributed by atoms with van der Waals surface area (Å²) in [5.41, 5.74) is 2.21. The Morgan fingerprint density at radius 2 is 1.74 bits per heavy atom. The van der Waals surface area contributed by atoms with Crippen molar-refractivity contribution in [2.45, 2.75) is 52.4 Å². The van der Waals surface area contributed by atoms with Gasteiger partial charge < -0.3 is 20.9 Å². The van der Waals surface area contributed by atoms with Crippen LogP contribution >= 0.6 is 12.4 Å². The van der Waals surface area contributed by atoms with Gasteiger partial charge in [-0.25, -0.2) is 4.39 Å². The number of benzene rings is 2. The van der Waals surface area contributed by atoms with Gasteiger partial charge in [-0.3, -0.25) is 14.4 Å². The number of anilines is 1. The SMILES string of the molecule is CN[C@@H](C)C(=O)N[C@H](C(=O)N1Cc2ccccc2C1C(=O)Nc1c(C)cccc1F)C(C)C.Cl. The molecule has 0 fully saturated rings. The first-order chi connectivity index (χ1) is 15.6. The van der Waals surface area contributed by atoms with E-state index in [2.05, 4.69) is 16.0 Å². The molecule has 3 rings (SSSR count). The number of likely N-dealkylation sites (N-methyl/N-ethyl adjacent to an activating group) is 1. The van der Waals surface area contributed by atoms with Crippen LogP contribution in [0.1, 0.15) is 43.5 Å². The number of amides is 3. The van der Waals surface area contributed by atoms with Gasteiger partial charge in [0.2, 0.25) is 11.8 Å². The van der Waals surface area contributed by atoms with Crippen molar-refractivity contribution < 1.29 is 18.8 Å². The Morgan fingerprint density at radius 3 is 2.35 bits per heavy atom. The Balaban J connectivity index is 0.00000408. The quantitative estimate of drug-likeness (QED) is 0.555. The van der Waals surface area contributed by atoms with Gasteiger partial charge in [-0.1, -0.05) is 50.2 Å². The summed E-state index contributed by atoms with van der Waals surface area (Å²) in [5, 5.41) is 8.35. The summed E-state index contributed by atoms with van der Waals surface area (Å²) in [6.07, 6.45) is 0. The van der Waals surface area contributed by atoms with E-state index in [-0.39, 0.29) is 42.4 Å². The summed E-state index contributed by atoms with van der Waals surface area (Å²) < 4.78 is 14.4. The third kappa shape index (κ3) is 5.56. The number of fused-ring (bicyclic) bond motifs is 1. The molecule has 0 saturated carbocycles. The van der Waals surface area contributed by atoms with Gasteiger partial charge in [0.05, 0.1) is 11.7 Å². The second kappa shape index (κ2) is 11.4. The van der Waals surface area contributed by atoms with Crippen molar-refractivity contribution >= 4 is 35.8 Å². The normalized spacial score (nSPS) is 16.3. The van der Waals surface area contributed by atoms with E-state index < -0.39 is 29.8 Å². The molecular formula is C25H32ClFN4O3. The molecule has 0 spiro atoms. The maximum atomic E-state index is 14.4. The average Bonchev–Trinajstić information content (AvgIpc) is 3.18. The molecule has 3 amide bonds. The first-order valence-corrected chi connectivity index (χ1v) is 11.1. The van der Waals surface area contributed by atoms with Crippen molar-refractivity contribution in [3.8, 4) is 0 Å². The van der Waals surface area contributed by atoms with E-state index in [1.54, 1.807) is 45.2 Å². The van der Waals surface area contributed by atoms with E-state index >= 15 is 0 Å². The molecule has 1 unspecified atom stereocenters. The van der Waals surface area contributed by atoms with Crippen LogP contribution in [0.2, 0.25) is 0 Å². The van der Waals surface area contributed by atoms with Crippen LogP contribution in [0.4, 0.5) is 10.1 Å². The Hall–Kier alpha value is -2.97. The number of aryl methyl sites for hydroxylation is 1. The molecule has 1 heterocycles. The molecule has 1 aliphatic heterocycles. The van der Waals surface area contributed by atoms with E-state index in [0.29, 0.717) is 11.1 Å². The molecule has 184 valence electrons. The minimum atomic E-state index is -0.937. The summed E-state index contributed by atoms with van der Waals surface area (Å²) in [4.78, 5) is 41.0. The van der Waals surface area contributed by atoms with Crippen molar-refractivity contribution in [3.63, 3.8) is 0 Å². The van der Waals surface area contributed by atoms with E-state index in [4.69, 9.17) is 0 Å². The van der Waals surface area contributed by atoms with Gasteiger partial charge in [0.25, 0.3) is 5.91 Å². The largest absolute Gasteiger partial charge is 0.343 e. The highest BCUT2D eigenvalue weighted by molar-refractivity contribution is 6.00. The number of carbonyl (C=O) groups excluding carboxylic acids is 3. The van der Waals surface area contributed by atoms with Gasteiger partial charge in [-0.2, -0.15) is 0 Å². The van der Waals surface area contributed by atoms with Crippen molar-refractivity contribution in [2.24, 2.45) is 5.92 Å². The molecule has 34 heavy (non-hydrogen) atoms. The predicted molar refractivity (Wildman–Crippen MR) is 132 cm³/mol. The molecule has 0 radical (unpaired) electrons. The minimum absolute atomic E-state index is 0. The van der Waals surface area contributed by atoms with Gasteiger partial charge >= 0.3 is 0 Å². The fourth-order valence-corrected chi connectivity index (χ4v) is 3.96. The second-order valence-corrected chi connectivity index (χ2v) is 8.73. The van der Waals surface area contributed by atoms with Gasteiger partial charge in [-0.15, -0.1) is 12.4 Å². The van der Waals surface area contributed by atoms with Crippen molar-refractivity contribution in [2.75, 3.05) is 12.4 Å². The topological polar surface area (TPSA) is 90.5 Å². The fraction of sp³-hybridized carbons (Fsp3) is 0.400.